The number of nitrogens with zero attached hydrogens (tertiary/aromatic N) is 2. The van der Waals surface area contributed by atoms with Crippen LogP contribution in [0.1, 0.15) is 0 Å². The van der Waals surface area contributed by atoms with E-state index in [-0.39, 0.29) is 25.9 Å². The maximum atomic E-state index is 13.2. The van der Waals surface area contributed by atoms with Crippen molar-refractivity contribution in [2.75, 3.05) is 0 Å². The Bertz CT molecular complexity index is 1050. The predicted octanol–water partition coefficient (Wildman–Crippen LogP) is 6.15. The number of hydrogen-bond donors (Lipinski definition) is 0. The molecule has 0 atom stereocenters. The van der Waals surface area contributed by atoms with Gasteiger partial charge in [0.05, 0.1) is 11.5 Å². The van der Waals surface area contributed by atoms with E-state index < -0.39 is 0 Å². The average Bonchev–Trinajstić information content (AvgIpc) is 3.05. The Morgan fingerprint density at radius 1 is 1.08 bits per heavy atom. The molecule has 3 aromatic carbocycles. The van der Waals surface area contributed by atoms with Crippen LogP contribution in [-0.4, -0.2) is 9.55 Å². The van der Waals surface area contributed by atoms with Gasteiger partial charge in [0.15, 0.2) is 0 Å². The van der Waals surface area contributed by atoms with E-state index >= 15 is 0 Å². The first-order valence-corrected chi connectivity index (χ1v) is 8.82. The van der Waals surface area contributed by atoms with Crippen LogP contribution in [0, 0.1) is 11.9 Å². The van der Waals surface area contributed by atoms with E-state index in [2.05, 4.69) is 61.1 Å². The topological polar surface area (TPSA) is 17.8 Å². The van der Waals surface area contributed by atoms with Gasteiger partial charge in [0.1, 0.15) is 0 Å². The maximum Gasteiger partial charge on any atom is 0.0674 e. The molecule has 1 aromatic heterocycles. The summed E-state index contributed by atoms with van der Waals surface area (Å²) in [4.78, 5) is 4.42. The first-order valence-electron chi connectivity index (χ1n) is 7.23. The van der Waals surface area contributed by atoms with E-state index in [9.17, 15) is 4.39 Å². The van der Waals surface area contributed by atoms with Crippen LogP contribution < -0.4 is 0 Å². The summed E-state index contributed by atoms with van der Waals surface area (Å²) in [5.41, 5.74) is 1.67. The van der Waals surface area contributed by atoms with Gasteiger partial charge in [-0.1, -0.05) is 24.3 Å². The second-order valence-electron chi connectivity index (χ2n) is 5.28. The first-order chi connectivity index (χ1) is 11.6. The zero-order valence-electron chi connectivity index (χ0n) is 12.6. The minimum absolute atomic E-state index is 0. The fraction of sp³-hybridized carbons (Fsp3) is 0. The molecule has 0 spiro atoms. The Balaban J connectivity index is 0.00000182. The van der Waals surface area contributed by atoms with Gasteiger partial charge in [0.2, 0.25) is 0 Å². The van der Waals surface area contributed by atoms with E-state index in [0.717, 1.165) is 31.0 Å². The van der Waals surface area contributed by atoms with Gasteiger partial charge in [-0.15, -0.1) is 29.8 Å². The Hall–Kier alpha value is -1.33. The summed E-state index contributed by atoms with van der Waals surface area (Å²) in [7, 11) is 0. The van der Waals surface area contributed by atoms with Gasteiger partial charge in [-0.2, -0.15) is 0 Å². The number of rotatable bonds is 2. The van der Waals surface area contributed by atoms with Gasteiger partial charge >= 0.3 is 0 Å². The molecule has 6 heteroatoms. The number of benzene rings is 3. The average molecular weight is 637 g/mol. The van der Waals surface area contributed by atoms with E-state index in [4.69, 9.17) is 0 Å². The van der Waals surface area contributed by atoms with Crippen molar-refractivity contribution in [3.8, 4) is 17.1 Å². The summed E-state index contributed by atoms with van der Waals surface area (Å²) in [6.45, 7) is 0. The van der Waals surface area contributed by atoms with E-state index in [1.54, 1.807) is 12.3 Å². The third-order valence-electron chi connectivity index (χ3n) is 3.81. The summed E-state index contributed by atoms with van der Waals surface area (Å²) in [5.74, 6) is 0.386. The largest absolute Gasteiger partial charge is 0.338 e. The van der Waals surface area contributed by atoms with Gasteiger partial charge in [-0.25, -0.2) is 0 Å². The molecule has 0 amide bonds. The second-order valence-corrected chi connectivity index (χ2v) is 6.93. The van der Waals surface area contributed by atoms with Crippen molar-refractivity contribution < 1.29 is 24.5 Å². The fourth-order valence-electron chi connectivity index (χ4n) is 2.71. The maximum absolute atomic E-state index is 13.2. The van der Waals surface area contributed by atoms with Crippen molar-refractivity contribution >= 4 is 42.6 Å². The van der Waals surface area contributed by atoms with Crippen LogP contribution in [0.15, 0.2) is 69.9 Å². The van der Waals surface area contributed by atoms with Crippen molar-refractivity contribution in [1.82, 2.24) is 9.55 Å². The minimum Gasteiger partial charge on any atom is -0.338 e. The molecule has 0 saturated heterocycles. The van der Waals surface area contributed by atoms with Gasteiger partial charge in [-0.05, 0) is 48.7 Å². The van der Waals surface area contributed by atoms with Crippen LogP contribution in [0.5, 0.6) is 0 Å². The van der Waals surface area contributed by atoms with Crippen LogP contribution >= 0.6 is 31.9 Å². The van der Waals surface area contributed by atoms with E-state index in [1.165, 1.54) is 12.1 Å². The molecule has 2 nitrogen and oxygen atoms in total. The summed E-state index contributed by atoms with van der Waals surface area (Å²) in [6.07, 6.45) is 3.60. The van der Waals surface area contributed by atoms with Gasteiger partial charge in [-0.3, -0.25) is 9.37 Å². The molecule has 0 fully saturated rings. The summed E-state index contributed by atoms with van der Waals surface area (Å²) >= 11 is 7.38. The molecule has 127 valence electrons. The molecule has 4 aromatic rings. The number of hydrogen-bond acceptors (Lipinski definition) is 1. The number of halogens is 3. The molecular weight excluding hydrogens is 627 g/mol. The normalized spacial score (nSPS) is 10.7. The van der Waals surface area contributed by atoms with Crippen LogP contribution in [0.4, 0.5) is 4.39 Å². The van der Waals surface area contributed by atoms with Gasteiger partial charge in [0, 0.05) is 47.3 Å². The van der Waals surface area contributed by atoms with Crippen molar-refractivity contribution in [1.29, 1.82) is 0 Å². The number of aromatic nitrogens is 2. The third kappa shape index (κ3) is 3.36. The summed E-state index contributed by atoms with van der Waals surface area (Å²) in [6, 6.07) is 17.6. The van der Waals surface area contributed by atoms with Crippen molar-refractivity contribution in [3.63, 3.8) is 0 Å². The molecule has 0 aliphatic rings. The van der Waals surface area contributed by atoms with Gasteiger partial charge in [0.25, 0.3) is 0 Å². The van der Waals surface area contributed by atoms with Gasteiger partial charge < -0.3 is 4.57 Å². The smallest absolute Gasteiger partial charge is 0.0674 e. The Kier molecular flexibility index (Phi) is 5.54. The predicted molar refractivity (Wildman–Crippen MR) is 101 cm³/mol. The quantitative estimate of drug-likeness (QED) is 0.241. The Morgan fingerprint density at radius 3 is 2.64 bits per heavy atom. The van der Waals surface area contributed by atoms with E-state index in [0.29, 0.717) is 5.82 Å². The van der Waals surface area contributed by atoms with Crippen LogP contribution in [0.25, 0.3) is 27.8 Å². The monoisotopic (exact) mass is 636 g/mol. The number of fused-ring (bicyclic) bond motifs is 1. The fourth-order valence-corrected chi connectivity index (χ4v) is 4.38. The SMILES string of the molecule is Fc1c[c-]c(-c2nccn2-c2c(Br)cc3ccccc3c2Br)cc1.[Ir]. The standard InChI is InChI=1S/C19H10Br2FN2.Ir/c20-16-11-13-3-1-2-4-15(13)17(21)18(16)24-10-9-23-19(24)12-5-7-14(22)8-6-12;/h1-5,7-11H;/q-1;. The minimum atomic E-state index is -0.315. The van der Waals surface area contributed by atoms with Crippen LogP contribution in [-0.2, 0) is 20.1 Å². The zero-order chi connectivity index (χ0) is 16.7. The summed E-state index contributed by atoms with van der Waals surface area (Å²) < 4.78 is 17.0. The zero-order valence-corrected chi connectivity index (χ0v) is 18.2. The summed E-state index contributed by atoms with van der Waals surface area (Å²) in [5, 5.41) is 2.24. The van der Waals surface area contributed by atoms with Crippen molar-refractivity contribution in [3.05, 3.63) is 81.8 Å². The molecule has 25 heavy (non-hydrogen) atoms. The molecule has 1 radical (unpaired) electrons. The molecule has 0 N–H and O–H groups in total. The Labute approximate surface area is 174 Å². The number of imidazole rings is 1. The molecule has 0 bridgehead atoms. The van der Waals surface area contributed by atoms with Crippen LogP contribution in [0.3, 0.4) is 0 Å². The van der Waals surface area contributed by atoms with E-state index in [1.807, 2.05) is 22.9 Å². The molecule has 0 aliphatic carbocycles. The molecular formula is C19H10Br2FIrN2-. The molecule has 1 heterocycles. The van der Waals surface area contributed by atoms with Crippen LogP contribution in [0.2, 0.25) is 0 Å². The molecule has 0 saturated carbocycles. The Morgan fingerprint density at radius 2 is 1.88 bits per heavy atom. The second kappa shape index (κ2) is 7.50. The molecule has 0 aliphatic heterocycles. The first kappa shape index (κ1) is 18.5. The molecule has 4 rings (SSSR count). The third-order valence-corrected chi connectivity index (χ3v) is 5.22. The van der Waals surface area contributed by atoms with Crippen molar-refractivity contribution in [2.24, 2.45) is 0 Å². The van der Waals surface area contributed by atoms with Crippen molar-refractivity contribution in [2.45, 2.75) is 0 Å². The molecule has 0 unspecified atom stereocenters.